The van der Waals surface area contributed by atoms with E-state index in [0.29, 0.717) is 0 Å². The number of fused-ring (bicyclic) bond motifs is 1. The topological polar surface area (TPSA) is 29.9 Å². The van der Waals surface area contributed by atoms with Crippen molar-refractivity contribution >= 4 is 5.69 Å². The van der Waals surface area contributed by atoms with Crippen LogP contribution >= 0.6 is 0 Å². The number of hydrogen-bond acceptors (Lipinski definition) is 2. The predicted octanol–water partition coefficient (Wildman–Crippen LogP) is 2.15. The van der Waals surface area contributed by atoms with Crippen LogP contribution in [-0.4, -0.2) is 16.1 Å². The van der Waals surface area contributed by atoms with E-state index in [4.69, 9.17) is 0 Å². The van der Waals surface area contributed by atoms with Crippen molar-refractivity contribution in [3.05, 3.63) is 42.0 Å². The van der Waals surface area contributed by atoms with E-state index < -0.39 is 0 Å². The first-order chi connectivity index (χ1) is 7.34. The van der Waals surface area contributed by atoms with Crippen molar-refractivity contribution in [1.29, 1.82) is 0 Å². The number of rotatable bonds is 1. The van der Waals surface area contributed by atoms with Gasteiger partial charge in [0.1, 0.15) is 5.82 Å². The second-order valence-electron chi connectivity index (χ2n) is 3.86. The van der Waals surface area contributed by atoms with E-state index in [9.17, 15) is 0 Å². The highest BCUT2D eigenvalue weighted by atomic mass is 15.1. The molecule has 3 rings (SSSR count). The number of hydrogen-bond donors (Lipinski definition) is 1. The van der Waals surface area contributed by atoms with Gasteiger partial charge in [-0.15, -0.1) is 0 Å². The van der Waals surface area contributed by atoms with Crippen molar-refractivity contribution in [2.75, 3.05) is 11.9 Å². The van der Waals surface area contributed by atoms with Crippen molar-refractivity contribution in [3.63, 3.8) is 0 Å². The molecule has 0 aliphatic carbocycles. The third kappa shape index (κ3) is 1.31. The largest absolute Gasteiger partial charge is 0.384 e. The van der Waals surface area contributed by atoms with Crippen LogP contribution in [0.15, 0.2) is 30.6 Å². The molecule has 2 heterocycles. The van der Waals surface area contributed by atoms with Gasteiger partial charge >= 0.3 is 0 Å². The summed E-state index contributed by atoms with van der Waals surface area (Å²) in [6.45, 7) is 3.08. The van der Waals surface area contributed by atoms with E-state index in [1.807, 2.05) is 19.3 Å². The molecule has 15 heavy (non-hydrogen) atoms. The average Bonchev–Trinajstić information content (AvgIpc) is 2.84. The summed E-state index contributed by atoms with van der Waals surface area (Å²) in [5.41, 5.74) is 3.88. The molecule has 1 N–H and O–H groups in total. The quantitative estimate of drug-likeness (QED) is 0.762. The first-order valence-corrected chi connectivity index (χ1v) is 5.22. The van der Waals surface area contributed by atoms with Gasteiger partial charge in [-0.3, -0.25) is 0 Å². The van der Waals surface area contributed by atoms with Gasteiger partial charge in [-0.1, -0.05) is 0 Å². The maximum Gasteiger partial charge on any atom is 0.110 e. The molecule has 0 amide bonds. The molecular formula is C12H13N3. The fourth-order valence-corrected chi connectivity index (χ4v) is 2.09. The third-order valence-electron chi connectivity index (χ3n) is 2.90. The number of anilines is 1. The van der Waals surface area contributed by atoms with E-state index in [0.717, 1.165) is 18.8 Å². The molecular weight excluding hydrogens is 186 g/mol. The average molecular weight is 199 g/mol. The molecule has 0 spiro atoms. The van der Waals surface area contributed by atoms with Crippen LogP contribution in [0.1, 0.15) is 11.4 Å². The summed E-state index contributed by atoms with van der Waals surface area (Å²) in [7, 11) is 0. The molecule has 0 unspecified atom stereocenters. The Labute approximate surface area is 88.8 Å². The predicted molar refractivity (Wildman–Crippen MR) is 60.5 cm³/mol. The van der Waals surface area contributed by atoms with Gasteiger partial charge in [0.2, 0.25) is 0 Å². The van der Waals surface area contributed by atoms with E-state index in [1.165, 1.54) is 16.9 Å². The Hall–Kier alpha value is -1.77. The molecule has 0 fully saturated rings. The van der Waals surface area contributed by atoms with Gasteiger partial charge in [-0.25, -0.2) is 4.98 Å². The zero-order valence-corrected chi connectivity index (χ0v) is 8.70. The number of nitrogens with zero attached hydrogens (tertiary/aromatic N) is 2. The molecule has 3 heteroatoms. The molecule has 0 bridgehead atoms. The van der Waals surface area contributed by atoms with Gasteiger partial charge in [-0.05, 0) is 37.1 Å². The lowest BCUT2D eigenvalue weighted by Crippen LogP contribution is -1.96. The van der Waals surface area contributed by atoms with E-state index in [2.05, 4.69) is 33.1 Å². The Morgan fingerprint density at radius 3 is 3.13 bits per heavy atom. The maximum absolute atomic E-state index is 4.23. The van der Waals surface area contributed by atoms with E-state index in [-0.39, 0.29) is 0 Å². The van der Waals surface area contributed by atoms with Gasteiger partial charge in [0, 0.05) is 30.3 Å². The molecule has 1 aromatic carbocycles. The summed E-state index contributed by atoms with van der Waals surface area (Å²) in [6.07, 6.45) is 4.96. The Morgan fingerprint density at radius 2 is 2.33 bits per heavy atom. The van der Waals surface area contributed by atoms with Gasteiger partial charge in [-0.2, -0.15) is 0 Å². The van der Waals surface area contributed by atoms with Crippen LogP contribution in [0.4, 0.5) is 5.69 Å². The van der Waals surface area contributed by atoms with Crippen LogP contribution < -0.4 is 5.32 Å². The zero-order valence-electron chi connectivity index (χ0n) is 8.70. The van der Waals surface area contributed by atoms with Gasteiger partial charge in [0.05, 0.1) is 0 Å². The number of aromatic nitrogens is 2. The second kappa shape index (κ2) is 3.12. The molecule has 1 aromatic heterocycles. The Bertz CT molecular complexity index is 499. The summed E-state index contributed by atoms with van der Waals surface area (Å²) < 4.78 is 2.11. The first-order valence-electron chi connectivity index (χ1n) is 5.22. The SMILES string of the molecule is Cc1nccn1-c1ccc2c(c1)CCN2. The van der Waals surface area contributed by atoms with Crippen molar-refractivity contribution in [1.82, 2.24) is 9.55 Å². The minimum Gasteiger partial charge on any atom is -0.384 e. The molecule has 1 aliphatic heterocycles. The minimum absolute atomic E-state index is 1.03. The molecule has 0 radical (unpaired) electrons. The van der Waals surface area contributed by atoms with Crippen molar-refractivity contribution < 1.29 is 0 Å². The molecule has 0 saturated heterocycles. The number of nitrogens with one attached hydrogen (secondary N) is 1. The van der Waals surface area contributed by atoms with E-state index >= 15 is 0 Å². The standard InChI is InChI=1S/C12H13N3/c1-9-13-6-7-15(9)11-2-3-12-10(8-11)4-5-14-12/h2-3,6-8,14H,4-5H2,1H3. The summed E-state index contributed by atoms with van der Waals surface area (Å²) in [4.78, 5) is 4.23. The van der Waals surface area contributed by atoms with Crippen LogP contribution in [0.2, 0.25) is 0 Å². The maximum atomic E-state index is 4.23. The Balaban J connectivity index is 2.11. The number of imidazole rings is 1. The lowest BCUT2D eigenvalue weighted by molar-refractivity contribution is 0.971. The minimum atomic E-state index is 1.03. The van der Waals surface area contributed by atoms with Crippen LogP contribution in [-0.2, 0) is 6.42 Å². The van der Waals surface area contributed by atoms with Crippen LogP contribution in [0.25, 0.3) is 5.69 Å². The zero-order chi connectivity index (χ0) is 10.3. The fraction of sp³-hybridized carbons (Fsp3) is 0.250. The molecule has 0 saturated carbocycles. The highest BCUT2D eigenvalue weighted by molar-refractivity contribution is 5.59. The molecule has 2 aromatic rings. The fourth-order valence-electron chi connectivity index (χ4n) is 2.09. The molecule has 0 atom stereocenters. The number of aryl methyl sites for hydroxylation is 1. The normalized spacial score (nSPS) is 13.7. The van der Waals surface area contributed by atoms with Crippen LogP contribution in [0, 0.1) is 6.92 Å². The Morgan fingerprint density at radius 1 is 1.40 bits per heavy atom. The van der Waals surface area contributed by atoms with Crippen molar-refractivity contribution in [2.45, 2.75) is 13.3 Å². The first kappa shape index (κ1) is 8.53. The van der Waals surface area contributed by atoms with Crippen LogP contribution in [0.3, 0.4) is 0 Å². The van der Waals surface area contributed by atoms with Crippen molar-refractivity contribution in [3.8, 4) is 5.69 Å². The second-order valence-corrected chi connectivity index (χ2v) is 3.86. The number of benzene rings is 1. The smallest absolute Gasteiger partial charge is 0.110 e. The molecule has 76 valence electrons. The van der Waals surface area contributed by atoms with Gasteiger partial charge < -0.3 is 9.88 Å². The lowest BCUT2D eigenvalue weighted by Gasteiger charge is -2.07. The summed E-state index contributed by atoms with van der Waals surface area (Å²) in [5.74, 6) is 1.03. The Kier molecular flexibility index (Phi) is 1.78. The van der Waals surface area contributed by atoms with Crippen molar-refractivity contribution in [2.24, 2.45) is 0 Å². The monoisotopic (exact) mass is 199 g/mol. The third-order valence-corrected chi connectivity index (χ3v) is 2.90. The summed E-state index contributed by atoms with van der Waals surface area (Å²) >= 11 is 0. The highest BCUT2D eigenvalue weighted by Gasteiger charge is 2.10. The molecule has 1 aliphatic rings. The summed E-state index contributed by atoms with van der Waals surface area (Å²) in [5, 5.41) is 3.36. The van der Waals surface area contributed by atoms with Gasteiger partial charge in [0.15, 0.2) is 0 Å². The molecule has 3 nitrogen and oxygen atoms in total. The summed E-state index contributed by atoms with van der Waals surface area (Å²) in [6, 6.07) is 6.52. The highest BCUT2D eigenvalue weighted by Crippen LogP contribution is 2.24. The lowest BCUT2D eigenvalue weighted by atomic mass is 10.1. The van der Waals surface area contributed by atoms with Gasteiger partial charge in [0.25, 0.3) is 0 Å². The van der Waals surface area contributed by atoms with Crippen LogP contribution in [0.5, 0.6) is 0 Å². The van der Waals surface area contributed by atoms with E-state index in [1.54, 1.807) is 0 Å².